The van der Waals surface area contributed by atoms with Crippen LogP contribution in [-0.2, 0) is 21.0 Å². The standard InChI is InChI=1S/C30H32ClN3O6S/c1-20-32-28(33-40-20)23-8-6-10-26(18-23)41(37,38)25-13-11-21(12-14-25)15-16-34(29(36)39-30(2,3)4)19-27(35)22-7-5-9-24(31)17-22/h5-14,17-18,27,35H,15-16,19H2,1-4H3/t27-/m0/s1. The van der Waals surface area contributed by atoms with Crippen LogP contribution >= 0.6 is 11.6 Å². The number of ether oxygens (including phenoxy) is 1. The summed E-state index contributed by atoms with van der Waals surface area (Å²) in [5, 5.41) is 15.1. The predicted octanol–water partition coefficient (Wildman–Crippen LogP) is 6.04. The molecule has 9 nitrogen and oxygen atoms in total. The largest absolute Gasteiger partial charge is 0.444 e. The molecule has 0 saturated heterocycles. The zero-order valence-electron chi connectivity index (χ0n) is 23.2. The number of aromatic nitrogens is 2. The van der Waals surface area contributed by atoms with E-state index in [4.69, 9.17) is 20.9 Å². The van der Waals surface area contributed by atoms with Gasteiger partial charge >= 0.3 is 6.09 Å². The van der Waals surface area contributed by atoms with Gasteiger partial charge < -0.3 is 19.3 Å². The van der Waals surface area contributed by atoms with Crippen LogP contribution in [0.1, 0.15) is 43.9 Å². The smallest absolute Gasteiger partial charge is 0.410 e. The summed E-state index contributed by atoms with van der Waals surface area (Å²) in [6.07, 6.45) is -1.12. The van der Waals surface area contributed by atoms with Crippen LogP contribution in [0.3, 0.4) is 0 Å². The van der Waals surface area contributed by atoms with Gasteiger partial charge in [0.1, 0.15) is 5.60 Å². The van der Waals surface area contributed by atoms with Crippen LogP contribution in [0.25, 0.3) is 11.4 Å². The molecular weight excluding hydrogens is 566 g/mol. The van der Waals surface area contributed by atoms with Gasteiger partial charge in [0.15, 0.2) is 0 Å². The lowest BCUT2D eigenvalue weighted by Gasteiger charge is -2.29. The molecule has 3 aromatic carbocycles. The van der Waals surface area contributed by atoms with Crippen molar-refractivity contribution in [3.8, 4) is 11.4 Å². The number of hydrogen-bond donors (Lipinski definition) is 1. The maximum atomic E-state index is 13.3. The first kappa shape index (κ1) is 30.2. The Bertz CT molecular complexity index is 1610. The van der Waals surface area contributed by atoms with E-state index in [0.717, 1.165) is 5.56 Å². The summed E-state index contributed by atoms with van der Waals surface area (Å²) in [5.74, 6) is 0.693. The van der Waals surface area contributed by atoms with Crippen LogP contribution in [0.15, 0.2) is 87.1 Å². The second-order valence-corrected chi connectivity index (χ2v) is 12.9. The monoisotopic (exact) mass is 597 g/mol. The molecule has 0 unspecified atom stereocenters. The fourth-order valence-electron chi connectivity index (χ4n) is 4.07. The number of amides is 1. The highest BCUT2D eigenvalue weighted by Crippen LogP contribution is 2.26. The number of nitrogens with zero attached hydrogens (tertiary/aromatic N) is 3. The van der Waals surface area contributed by atoms with Crippen LogP contribution in [0.2, 0.25) is 5.02 Å². The molecule has 0 aliphatic heterocycles. The van der Waals surface area contributed by atoms with E-state index >= 15 is 0 Å². The molecule has 216 valence electrons. The van der Waals surface area contributed by atoms with E-state index in [1.807, 2.05) is 0 Å². The molecule has 1 N–H and O–H groups in total. The molecule has 0 aliphatic carbocycles. The zero-order valence-corrected chi connectivity index (χ0v) is 24.8. The van der Waals surface area contributed by atoms with Crippen LogP contribution in [0, 0.1) is 6.92 Å². The number of rotatable bonds is 9. The molecule has 0 radical (unpaired) electrons. The summed E-state index contributed by atoms with van der Waals surface area (Å²) in [5.41, 5.74) is 1.21. The molecule has 1 atom stereocenters. The highest BCUT2D eigenvalue weighted by molar-refractivity contribution is 7.91. The summed E-state index contributed by atoms with van der Waals surface area (Å²) in [6.45, 7) is 7.22. The molecule has 0 bridgehead atoms. The number of aliphatic hydroxyl groups excluding tert-OH is 1. The number of carbonyl (C=O) groups excluding carboxylic acids is 1. The average Bonchev–Trinajstić information content (AvgIpc) is 3.36. The lowest BCUT2D eigenvalue weighted by atomic mass is 10.1. The lowest BCUT2D eigenvalue weighted by Crippen LogP contribution is -2.40. The number of sulfone groups is 1. The highest BCUT2D eigenvalue weighted by Gasteiger charge is 2.25. The molecule has 0 spiro atoms. The summed E-state index contributed by atoms with van der Waals surface area (Å²) in [7, 11) is -3.81. The molecule has 1 amide bonds. The van der Waals surface area contributed by atoms with Crippen molar-refractivity contribution in [1.29, 1.82) is 0 Å². The Morgan fingerprint density at radius 2 is 1.76 bits per heavy atom. The van der Waals surface area contributed by atoms with Gasteiger partial charge in [-0.3, -0.25) is 0 Å². The van der Waals surface area contributed by atoms with Crippen molar-refractivity contribution in [3.63, 3.8) is 0 Å². The maximum absolute atomic E-state index is 13.3. The van der Waals surface area contributed by atoms with Gasteiger partial charge in [0.05, 0.1) is 22.4 Å². The predicted molar refractivity (Wildman–Crippen MR) is 154 cm³/mol. The number of aliphatic hydroxyl groups is 1. The molecule has 4 rings (SSSR count). The van der Waals surface area contributed by atoms with Crippen LogP contribution in [-0.4, -0.2) is 53.3 Å². The zero-order chi connectivity index (χ0) is 29.8. The Morgan fingerprint density at radius 1 is 1.05 bits per heavy atom. The average molecular weight is 598 g/mol. The van der Waals surface area contributed by atoms with E-state index in [0.29, 0.717) is 34.3 Å². The molecule has 4 aromatic rings. The number of benzene rings is 3. The Balaban J connectivity index is 1.48. The summed E-state index contributed by atoms with van der Waals surface area (Å²) < 4.78 is 37.2. The summed E-state index contributed by atoms with van der Waals surface area (Å²) >= 11 is 6.07. The maximum Gasteiger partial charge on any atom is 0.410 e. The van der Waals surface area contributed by atoms with E-state index in [2.05, 4.69) is 10.1 Å². The van der Waals surface area contributed by atoms with Gasteiger partial charge in [-0.1, -0.05) is 53.2 Å². The second kappa shape index (κ2) is 12.4. The van der Waals surface area contributed by atoms with Gasteiger partial charge in [-0.15, -0.1) is 0 Å². The van der Waals surface area contributed by atoms with Crippen molar-refractivity contribution in [2.24, 2.45) is 0 Å². The first-order chi connectivity index (χ1) is 19.3. The Morgan fingerprint density at radius 3 is 2.39 bits per heavy atom. The quantitative estimate of drug-likeness (QED) is 0.247. The highest BCUT2D eigenvalue weighted by atomic mass is 35.5. The van der Waals surface area contributed by atoms with Gasteiger partial charge in [-0.2, -0.15) is 4.98 Å². The van der Waals surface area contributed by atoms with Crippen molar-refractivity contribution in [3.05, 3.63) is 94.8 Å². The minimum absolute atomic E-state index is 0.00202. The van der Waals surface area contributed by atoms with E-state index < -0.39 is 27.6 Å². The van der Waals surface area contributed by atoms with Crippen LogP contribution < -0.4 is 0 Å². The second-order valence-electron chi connectivity index (χ2n) is 10.6. The molecule has 41 heavy (non-hydrogen) atoms. The number of carbonyl (C=O) groups is 1. The molecule has 0 fully saturated rings. The normalized spacial score (nSPS) is 12.6. The fourth-order valence-corrected chi connectivity index (χ4v) is 5.57. The van der Waals surface area contributed by atoms with Crippen molar-refractivity contribution in [1.82, 2.24) is 15.0 Å². The number of aryl methyl sites for hydroxylation is 1. The summed E-state index contributed by atoms with van der Waals surface area (Å²) in [6, 6.07) is 19.7. The lowest BCUT2D eigenvalue weighted by molar-refractivity contribution is 0.0147. The van der Waals surface area contributed by atoms with Crippen molar-refractivity contribution in [2.75, 3.05) is 13.1 Å². The van der Waals surface area contributed by atoms with E-state index in [1.54, 1.807) is 76.2 Å². The minimum atomic E-state index is -3.81. The molecule has 0 saturated carbocycles. The third kappa shape index (κ3) is 7.93. The Labute approximate surface area is 244 Å². The minimum Gasteiger partial charge on any atom is -0.444 e. The molecular formula is C30H32ClN3O6S. The van der Waals surface area contributed by atoms with Gasteiger partial charge in [0, 0.05) is 24.1 Å². The van der Waals surface area contributed by atoms with Crippen molar-refractivity contribution < 1.29 is 27.6 Å². The third-order valence-electron chi connectivity index (χ3n) is 6.11. The van der Waals surface area contributed by atoms with E-state index in [9.17, 15) is 18.3 Å². The van der Waals surface area contributed by atoms with Gasteiger partial charge in [-0.25, -0.2) is 13.2 Å². The first-order valence-electron chi connectivity index (χ1n) is 13.0. The van der Waals surface area contributed by atoms with Crippen molar-refractivity contribution >= 4 is 27.5 Å². The Kier molecular flexibility index (Phi) is 9.16. The van der Waals surface area contributed by atoms with Gasteiger partial charge in [0.25, 0.3) is 0 Å². The first-order valence-corrected chi connectivity index (χ1v) is 14.8. The summed E-state index contributed by atoms with van der Waals surface area (Å²) in [4.78, 5) is 18.8. The van der Waals surface area contributed by atoms with E-state index in [-0.39, 0.29) is 22.9 Å². The molecule has 11 heteroatoms. The fraction of sp³-hybridized carbons (Fsp3) is 0.300. The topological polar surface area (TPSA) is 123 Å². The van der Waals surface area contributed by atoms with Crippen LogP contribution in [0.4, 0.5) is 4.79 Å². The molecule has 0 aliphatic rings. The molecule has 1 heterocycles. The van der Waals surface area contributed by atoms with Crippen LogP contribution in [0.5, 0.6) is 0 Å². The van der Waals surface area contributed by atoms with Gasteiger partial charge in [0.2, 0.25) is 21.6 Å². The third-order valence-corrected chi connectivity index (χ3v) is 8.12. The Hall–Kier alpha value is -3.73. The molecule has 1 aromatic heterocycles. The number of halogens is 1. The number of hydrogen-bond acceptors (Lipinski definition) is 8. The SMILES string of the molecule is Cc1nc(-c2cccc(S(=O)(=O)c3ccc(CCN(C[C@H](O)c4cccc(Cl)c4)C(=O)OC(C)(C)C)cc3)c2)no1. The van der Waals surface area contributed by atoms with Gasteiger partial charge in [-0.05, 0) is 74.7 Å². The van der Waals surface area contributed by atoms with Crippen molar-refractivity contribution in [2.45, 2.75) is 55.6 Å². The van der Waals surface area contributed by atoms with E-state index in [1.165, 1.54) is 29.2 Å².